The van der Waals surface area contributed by atoms with Gasteiger partial charge in [0.15, 0.2) is 0 Å². The third-order valence-electron chi connectivity index (χ3n) is 4.60. The number of aryl methyl sites for hydroxylation is 2. The number of nitrogens with zero attached hydrogens (tertiary/aromatic N) is 4. The molecule has 0 bridgehead atoms. The van der Waals surface area contributed by atoms with Crippen molar-refractivity contribution in [2.45, 2.75) is 32.4 Å². The van der Waals surface area contributed by atoms with Crippen LogP contribution in [0.1, 0.15) is 17.7 Å². The molecule has 9 heteroatoms. The van der Waals surface area contributed by atoms with E-state index < -0.39 is 0 Å². The molecule has 1 amide bonds. The van der Waals surface area contributed by atoms with Crippen LogP contribution in [0.3, 0.4) is 0 Å². The van der Waals surface area contributed by atoms with E-state index in [9.17, 15) is 14.4 Å². The molecule has 0 radical (unpaired) electrons. The normalized spacial score (nSPS) is 12.7. The van der Waals surface area contributed by atoms with Crippen LogP contribution in [-0.4, -0.2) is 32.0 Å². The number of aromatic nitrogens is 4. The summed E-state index contributed by atoms with van der Waals surface area (Å²) in [5.41, 5.74) is 2.15. The van der Waals surface area contributed by atoms with E-state index in [2.05, 4.69) is 15.5 Å². The van der Waals surface area contributed by atoms with Crippen LogP contribution in [0.2, 0.25) is 0 Å². The Morgan fingerprint density at radius 3 is 2.82 bits per heavy atom. The fourth-order valence-corrected chi connectivity index (χ4v) is 3.90. The maximum atomic E-state index is 12.2. The number of amides is 1. The van der Waals surface area contributed by atoms with Gasteiger partial charge in [0.25, 0.3) is 11.1 Å². The SMILES string of the molecule is O=C(Cn1nc(-c2cccs2)ccc1=O)NCCn1nc2c(cc1=O)CCC2. The molecular formula is C19H19N5O3S. The highest BCUT2D eigenvalue weighted by atomic mass is 32.1. The Labute approximate surface area is 164 Å². The number of hydrogen-bond acceptors (Lipinski definition) is 6. The van der Waals surface area contributed by atoms with Gasteiger partial charge in [0, 0.05) is 18.7 Å². The summed E-state index contributed by atoms with van der Waals surface area (Å²) in [6, 6.07) is 8.50. The van der Waals surface area contributed by atoms with Crippen LogP contribution in [0.4, 0.5) is 0 Å². The molecule has 0 atom stereocenters. The largest absolute Gasteiger partial charge is 0.353 e. The Kier molecular flexibility index (Phi) is 5.16. The molecule has 0 aromatic carbocycles. The maximum absolute atomic E-state index is 12.2. The van der Waals surface area contributed by atoms with Crippen molar-refractivity contribution in [2.75, 3.05) is 6.54 Å². The third kappa shape index (κ3) is 3.94. The molecule has 1 aliphatic carbocycles. The van der Waals surface area contributed by atoms with Gasteiger partial charge in [0.1, 0.15) is 12.2 Å². The van der Waals surface area contributed by atoms with Gasteiger partial charge in [0.2, 0.25) is 5.91 Å². The highest BCUT2D eigenvalue weighted by molar-refractivity contribution is 7.13. The summed E-state index contributed by atoms with van der Waals surface area (Å²) in [7, 11) is 0. The van der Waals surface area contributed by atoms with Gasteiger partial charge < -0.3 is 5.32 Å². The minimum Gasteiger partial charge on any atom is -0.353 e. The highest BCUT2D eigenvalue weighted by Gasteiger charge is 2.15. The Bertz CT molecular complexity index is 1120. The lowest BCUT2D eigenvalue weighted by atomic mass is 10.2. The second kappa shape index (κ2) is 7.89. The molecule has 0 saturated carbocycles. The molecule has 3 heterocycles. The Hall–Kier alpha value is -3.07. The highest BCUT2D eigenvalue weighted by Crippen LogP contribution is 2.21. The van der Waals surface area contributed by atoms with E-state index in [0.29, 0.717) is 5.69 Å². The summed E-state index contributed by atoms with van der Waals surface area (Å²) < 4.78 is 2.52. The summed E-state index contributed by atoms with van der Waals surface area (Å²) in [6.45, 7) is 0.365. The Balaban J connectivity index is 1.37. The number of nitrogens with one attached hydrogen (secondary N) is 1. The molecule has 3 aromatic heterocycles. The molecule has 3 aromatic rings. The van der Waals surface area contributed by atoms with Crippen molar-refractivity contribution >= 4 is 17.2 Å². The van der Waals surface area contributed by atoms with E-state index in [1.165, 1.54) is 22.1 Å². The van der Waals surface area contributed by atoms with Crippen LogP contribution in [0, 0.1) is 0 Å². The molecule has 1 N–H and O–H groups in total. The van der Waals surface area contributed by atoms with Crippen LogP contribution < -0.4 is 16.4 Å². The molecule has 144 valence electrons. The quantitative estimate of drug-likeness (QED) is 0.664. The van der Waals surface area contributed by atoms with Gasteiger partial charge in [-0.25, -0.2) is 9.36 Å². The molecule has 4 rings (SSSR count). The summed E-state index contributed by atoms with van der Waals surface area (Å²) >= 11 is 1.51. The molecule has 0 aliphatic heterocycles. The Morgan fingerprint density at radius 1 is 1.11 bits per heavy atom. The smallest absolute Gasteiger partial charge is 0.267 e. The van der Waals surface area contributed by atoms with Gasteiger partial charge in [-0.05, 0) is 42.3 Å². The number of carbonyl (C=O) groups excluding carboxylic acids is 1. The third-order valence-corrected chi connectivity index (χ3v) is 5.50. The van der Waals surface area contributed by atoms with Crippen LogP contribution in [0.15, 0.2) is 45.3 Å². The van der Waals surface area contributed by atoms with Gasteiger partial charge in [-0.1, -0.05) is 6.07 Å². The van der Waals surface area contributed by atoms with Gasteiger partial charge in [0.05, 0.1) is 17.1 Å². The lowest BCUT2D eigenvalue weighted by Crippen LogP contribution is -2.36. The summed E-state index contributed by atoms with van der Waals surface area (Å²) in [4.78, 5) is 37.2. The average Bonchev–Trinajstić information content (AvgIpc) is 3.35. The first-order valence-electron chi connectivity index (χ1n) is 9.09. The lowest BCUT2D eigenvalue weighted by molar-refractivity contribution is -0.121. The summed E-state index contributed by atoms with van der Waals surface area (Å²) in [5.74, 6) is -0.341. The molecule has 0 saturated heterocycles. The number of thiophene rings is 1. The maximum Gasteiger partial charge on any atom is 0.267 e. The minimum absolute atomic E-state index is 0.156. The van der Waals surface area contributed by atoms with Gasteiger partial charge >= 0.3 is 0 Å². The zero-order chi connectivity index (χ0) is 19.5. The monoisotopic (exact) mass is 397 g/mol. The van der Waals surface area contributed by atoms with Crippen molar-refractivity contribution < 1.29 is 4.79 Å². The molecule has 0 fully saturated rings. The Morgan fingerprint density at radius 2 is 2.00 bits per heavy atom. The minimum atomic E-state index is -0.341. The van der Waals surface area contributed by atoms with E-state index in [1.54, 1.807) is 12.1 Å². The molecule has 28 heavy (non-hydrogen) atoms. The molecule has 0 unspecified atom stereocenters. The zero-order valence-corrected chi connectivity index (χ0v) is 15.9. The summed E-state index contributed by atoms with van der Waals surface area (Å²) in [6.07, 6.45) is 2.81. The predicted molar refractivity (Wildman–Crippen MR) is 105 cm³/mol. The van der Waals surface area contributed by atoms with Crippen molar-refractivity contribution in [3.63, 3.8) is 0 Å². The first-order chi connectivity index (χ1) is 13.6. The topological polar surface area (TPSA) is 98.9 Å². The van der Waals surface area contributed by atoms with Crippen molar-refractivity contribution in [1.29, 1.82) is 0 Å². The van der Waals surface area contributed by atoms with Gasteiger partial charge in [-0.3, -0.25) is 14.4 Å². The van der Waals surface area contributed by atoms with E-state index in [-0.39, 0.29) is 36.7 Å². The lowest BCUT2D eigenvalue weighted by Gasteiger charge is -2.09. The average molecular weight is 397 g/mol. The van der Waals surface area contributed by atoms with Crippen molar-refractivity contribution in [1.82, 2.24) is 24.9 Å². The number of hydrogen-bond donors (Lipinski definition) is 1. The van der Waals surface area contributed by atoms with Crippen LogP contribution in [0.25, 0.3) is 10.6 Å². The van der Waals surface area contributed by atoms with Crippen LogP contribution in [-0.2, 0) is 30.7 Å². The van der Waals surface area contributed by atoms with Crippen molar-refractivity contribution in [3.8, 4) is 10.6 Å². The first-order valence-corrected chi connectivity index (χ1v) is 9.97. The number of rotatable bonds is 6. The van der Waals surface area contributed by atoms with E-state index in [1.807, 2.05) is 17.5 Å². The van der Waals surface area contributed by atoms with E-state index in [0.717, 1.165) is 40.1 Å². The second-order valence-electron chi connectivity index (χ2n) is 6.57. The van der Waals surface area contributed by atoms with Crippen molar-refractivity contribution in [2.24, 2.45) is 0 Å². The van der Waals surface area contributed by atoms with Gasteiger partial charge in [-0.15, -0.1) is 11.3 Å². The zero-order valence-electron chi connectivity index (χ0n) is 15.1. The fraction of sp³-hybridized carbons (Fsp3) is 0.316. The molecule has 8 nitrogen and oxygen atoms in total. The molecule has 0 spiro atoms. The summed E-state index contributed by atoms with van der Waals surface area (Å²) in [5, 5.41) is 13.3. The molecular weight excluding hydrogens is 378 g/mol. The first kappa shape index (κ1) is 18.3. The second-order valence-corrected chi connectivity index (χ2v) is 7.52. The van der Waals surface area contributed by atoms with Gasteiger partial charge in [-0.2, -0.15) is 10.2 Å². The van der Waals surface area contributed by atoms with E-state index in [4.69, 9.17) is 0 Å². The van der Waals surface area contributed by atoms with Crippen molar-refractivity contribution in [3.05, 3.63) is 67.7 Å². The van der Waals surface area contributed by atoms with E-state index >= 15 is 0 Å². The van der Waals surface area contributed by atoms with Crippen LogP contribution >= 0.6 is 11.3 Å². The van der Waals surface area contributed by atoms with Crippen LogP contribution in [0.5, 0.6) is 0 Å². The number of carbonyl (C=O) groups is 1. The predicted octanol–water partition coefficient (Wildman–Crippen LogP) is 0.834. The fourth-order valence-electron chi connectivity index (χ4n) is 3.21. The number of fused-ring (bicyclic) bond motifs is 1. The molecule has 1 aliphatic rings. The standard InChI is InChI=1S/C19H19N5O3S/c25-17(12-24-18(26)7-6-15(22-24)16-5-2-10-28-16)20-8-9-23-19(27)11-13-3-1-4-14(13)21-23/h2,5-7,10-11H,1,3-4,8-9,12H2,(H,20,25).